The Kier molecular flexibility index (Phi) is 5.69. The van der Waals surface area contributed by atoms with Gasteiger partial charge in [-0.3, -0.25) is 4.79 Å². The van der Waals surface area contributed by atoms with Gasteiger partial charge < -0.3 is 5.32 Å². The van der Waals surface area contributed by atoms with Crippen molar-refractivity contribution in [2.24, 2.45) is 0 Å². The fourth-order valence-corrected chi connectivity index (χ4v) is 3.50. The van der Waals surface area contributed by atoms with Crippen molar-refractivity contribution in [3.05, 3.63) is 65.0 Å². The van der Waals surface area contributed by atoms with Gasteiger partial charge in [-0.1, -0.05) is 17.7 Å². The van der Waals surface area contributed by atoms with Crippen LogP contribution >= 0.6 is 0 Å². The summed E-state index contributed by atoms with van der Waals surface area (Å²) in [5.74, 6) is -0.812. The van der Waals surface area contributed by atoms with Crippen molar-refractivity contribution < 1.29 is 17.6 Å². The van der Waals surface area contributed by atoms with E-state index < -0.39 is 15.8 Å². The van der Waals surface area contributed by atoms with Gasteiger partial charge in [0.25, 0.3) is 5.91 Å². The van der Waals surface area contributed by atoms with Crippen molar-refractivity contribution >= 4 is 15.9 Å². The molecule has 0 radical (unpaired) electrons. The molecule has 0 unspecified atom stereocenters. The lowest BCUT2D eigenvalue weighted by atomic mass is 10.2. The number of benzene rings is 2. The molecular formula is C17H19FN2O3S. The second-order valence-electron chi connectivity index (χ2n) is 5.43. The molecule has 0 bridgehead atoms. The predicted molar refractivity (Wildman–Crippen MR) is 89.8 cm³/mol. The first kappa shape index (κ1) is 18.1. The maximum atomic E-state index is 12.8. The second kappa shape index (κ2) is 7.55. The van der Waals surface area contributed by atoms with Crippen molar-refractivity contribution in [1.82, 2.24) is 10.0 Å². The Morgan fingerprint density at radius 1 is 1.04 bits per heavy atom. The monoisotopic (exact) mass is 350 g/mol. The van der Waals surface area contributed by atoms with Crippen molar-refractivity contribution in [1.29, 1.82) is 0 Å². The lowest BCUT2D eigenvalue weighted by molar-refractivity contribution is 0.0954. The SMILES string of the molecule is Cc1ccc(S(=O)(=O)NCCNC(=O)c2ccc(F)cc2)c(C)c1. The molecular weight excluding hydrogens is 331 g/mol. The van der Waals surface area contributed by atoms with Gasteiger partial charge in [0.2, 0.25) is 10.0 Å². The van der Waals surface area contributed by atoms with Crippen LogP contribution in [-0.2, 0) is 10.0 Å². The van der Waals surface area contributed by atoms with E-state index in [0.717, 1.165) is 5.56 Å². The van der Waals surface area contributed by atoms with Crippen molar-refractivity contribution in [2.45, 2.75) is 18.7 Å². The highest BCUT2D eigenvalue weighted by atomic mass is 32.2. The fourth-order valence-electron chi connectivity index (χ4n) is 2.24. The first-order chi connectivity index (χ1) is 11.3. The van der Waals surface area contributed by atoms with Crippen LogP contribution in [0.2, 0.25) is 0 Å². The van der Waals surface area contributed by atoms with E-state index in [-0.39, 0.29) is 23.9 Å². The number of aryl methyl sites for hydroxylation is 2. The van der Waals surface area contributed by atoms with Gasteiger partial charge in [-0.25, -0.2) is 17.5 Å². The third-order valence-corrected chi connectivity index (χ3v) is 5.05. The standard InChI is InChI=1S/C17H19FN2O3S/c1-12-3-8-16(13(2)11-12)24(22,23)20-10-9-19-17(21)14-4-6-15(18)7-5-14/h3-8,11,20H,9-10H2,1-2H3,(H,19,21). The summed E-state index contributed by atoms with van der Waals surface area (Å²) in [7, 11) is -3.63. The molecule has 0 aromatic heterocycles. The zero-order chi connectivity index (χ0) is 17.7. The van der Waals surface area contributed by atoms with E-state index in [9.17, 15) is 17.6 Å². The Bertz CT molecular complexity index is 833. The number of hydrogen-bond acceptors (Lipinski definition) is 3. The molecule has 0 fully saturated rings. The normalized spacial score (nSPS) is 11.3. The number of hydrogen-bond donors (Lipinski definition) is 2. The molecule has 2 aromatic carbocycles. The van der Waals surface area contributed by atoms with Gasteiger partial charge in [0, 0.05) is 18.7 Å². The van der Waals surface area contributed by atoms with Crippen molar-refractivity contribution in [3.8, 4) is 0 Å². The Labute approximate surface area is 141 Å². The Morgan fingerprint density at radius 3 is 2.33 bits per heavy atom. The Morgan fingerprint density at radius 2 is 1.71 bits per heavy atom. The summed E-state index contributed by atoms with van der Waals surface area (Å²) in [6, 6.07) is 10.2. The summed E-state index contributed by atoms with van der Waals surface area (Å²) in [4.78, 5) is 12.1. The summed E-state index contributed by atoms with van der Waals surface area (Å²) < 4.78 is 39.7. The van der Waals surface area contributed by atoms with Gasteiger partial charge in [-0.05, 0) is 49.7 Å². The highest BCUT2D eigenvalue weighted by Crippen LogP contribution is 2.15. The number of nitrogens with one attached hydrogen (secondary N) is 2. The highest BCUT2D eigenvalue weighted by Gasteiger charge is 2.16. The zero-order valence-electron chi connectivity index (χ0n) is 13.5. The molecule has 5 nitrogen and oxygen atoms in total. The van der Waals surface area contributed by atoms with Gasteiger partial charge >= 0.3 is 0 Å². The van der Waals surface area contributed by atoms with E-state index in [4.69, 9.17) is 0 Å². The van der Waals surface area contributed by atoms with Gasteiger partial charge in [-0.15, -0.1) is 0 Å². The summed E-state index contributed by atoms with van der Waals surface area (Å²) in [6.07, 6.45) is 0. The van der Waals surface area contributed by atoms with Crippen LogP contribution in [0.25, 0.3) is 0 Å². The first-order valence-corrected chi connectivity index (χ1v) is 8.88. The summed E-state index contributed by atoms with van der Waals surface area (Å²) in [6.45, 7) is 3.81. The molecule has 2 rings (SSSR count). The molecule has 0 saturated carbocycles. The quantitative estimate of drug-likeness (QED) is 0.784. The van der Waals surface area contributed by atoms with Crippen molar-refractivity contribution in [3.63, 3.8) is 0 Å². The highest BCUT2D eigenvalue weighted by molar-refractivity contribution is 7.89. The van der Waals surface area contributed by atoms with Crippen LogP contribution in [0.3, 0.4) is 0 Å². The van der Waals surface area contributed by atoms with E-state index in [0.29, 0.717) is 11.1 Å². The van der Waals surface area contributed by atoms with Crippen LogP contribution in [0, 0.1) is 19.7 Å². The predicted octanol–water partition coefficient (Wildman–Crippen LogP) is 2.15. The second-order valence-corrected chi connectivity index (χ2v) is 7.16. The molecule has 2 N–H and O–H groups in total. The number of amides is 1. The molecule has 0 aliphatic heterocycles. The van der Waals surface area contributed by atoms with Crippen LogP contribution in [0.5, 0.6) is 0 Å². The van der Waals surface area contributed by atoms with Gasteiger partial charge in [-0.2, -0.15) is 0 Å². The molecule has 0 atom stereocenters. The average Bonchev–Trinajstić information content (AvgIpc) is 2.51. The first-order valence-electron chi connectivity index (χ1n) is 7.40. The largest absolute Gasteiger partial charge is 0.351 e. The minimum atomic E-state index is -3.63. The van der Waals surface area contributed by atoms with E-state index in [1.54, 1.807) is 25.1 Å². The summed E-state index contributed by atoms with van der Waals surface area (Å²) >= 11 is 0. The summed E-state index contributed by atoms with van der Waals surface area (Å²) in [5, 5.41) is 2.58. The topological polar surface area (TPSA) is 75.3 Å². The molecule has 0 heterocycles. The van der Waals surface area contributed by atoms with Crippen LogP contribution in [0.15, 0.2) is 47.4 Å². The molecule has 0 saturated heterocycles. The maximum absolute atomic E-state index is 12.8. The zero-order valence-corrected chi connectivity index (χ0v) is 14.3. The number of rotatable bonds is 6. The molecule has 24 heavy (non-hydrogen) atoms. The van der Waals surface area contributed by atoms with E-state index in [1.165, 1.54) is 24.3 Å². The summed E-state index contributed by atoms with van der Waals surface area (Å²) in [5.41, 5.74) is 1.96. The molecule has 2 aromatic rings. The molecule has 128 valence electrons. The van der Waals surface area contributed by atoms with Crippen LogP contribution in [-0.4, -0.2) is 27.4 Å². The van der Waals surface area contributed by atoms with Crippen LogP contribution < -0.4 is 10.0 Å². The minimum Gasteiger partial charge on any atom is -0.351 e. The lowest BCUT2D eigenvalue weighted by Crippen LogP contribution is -2.34. The number of halogens is 1. The van der Waals surface area contributed by atoms with E-state index in [2.05, 4.69) is 10.0 Å². The smallest absolute Gasteiger partial charge is 0.251 e. The third kappa shape index (κ3) is 4.62. The van der Waals surface area contributed by atoms with E-state index >= 15 is 0 Å². The number of carbonyl (C=O) groups is 1. The lowest BCUT2D eigenvalue weighted by Gasteiger charge is -2.10. The number of carbonyl (C=O) groups excluding carboxylic acids is 1. The minimum absolute atomic E-state index is 0.0581. The number of sulfonamides is 1. The average molecular weight is 350 g/mol. The molecule has 1 amide bonds. The Balaban J connectivity index is 1.89. The molecule has 0 aliphatic rings. The van der Waals surface area contributed by atoms with Gasteiger partial charge in [0.15, 0.2) is 0 Å². The van der Waals surface area contributed by atoms with Crippen molar-refractivity contribution in [2.75, 3.05) is 13.1 Å². The van der Waals surface area contributed by atoms with Crippen LogP contribution in [0.4, 0.5) is 4.39 Å². The molecule has 0 spiro atoms. The molecule has 7 heteroatoms. The Hall–Kier alpha value is -2.25. The van der Waals surface area contributed by atoms with Gasteiger partial charge in [0.1, 0.15) is 5.82 Å². The third-order valence-electron chi connectivity index (χ3n) is 3.43. The van der Waals surface area contributed by atoms with Crippen LogP contribution in [0.1, 0.15) is 21.5 Å². The van der Waals surface area contributed by atoms with Gasteiger partial charge in [0.05, 0.1) is 4.90 Å². The fraction of sp³-hybridized carbons (Fsp3) is 0.235. The maximum Gasteiger partial charge on any atom is 0.251 e. The molecule has 0 aliphatic carbocycles. The van der Waals surface area contributed by atoms with E-state index in [1.807, 2.05) is 6.92 Å².